The summed E-state index contributed by atoms with van der Waals surface area (Å²) in [5, 5.41) is 6.57. The van der Waals surface area contributed by atoms with E-state index >= 15 is 0 Å². The van der Waals surface area contributed by atoms with E-state index in [0.29, 0.717) is 0 Å². The van der Waals surface area contributed by atoms with Gasteiger partial charge >= 0.3 is 11.4 Å². The summed E-state index contributed by atoms with van der Waals surface area (Å²) in [6, 6.07) is 2.31. The number of aromatic nitrogens is 5. The molecule has 28 heavy (non-hydrogen) atoms. The molecule has 3 aromatic rings. The lowest BCUT2D eigenvalue weighted by Gasteiger charge is -2.10. The second kappa shape index (κ2) is 7.15. The van der Waals surface area contributed by atoms with Gasteiger partial charge in [0.15, 0.2) is 11.3 Å². The van der Waals surface area contributed by atoms with E-state index in [0.717, 1.165) is 10.6 Å². The molecule has 0 saturated heterocycles. The molecule has 1 N–H and O–H groups in total. The molecule has 3 heterocycles. The number of nitrogens with one attached hydrogen (secondary N) is 1. The van der Waals surface area contributed by atoms with Crippen LogP contribution in [0.3, 0.4) is 0 Å². The molecule has 3 aromatic heterocycles. The normalized spacial score (nSPS) is 11.6. The molecule has 148 valence electrons. The highest BCUT2D eigenvalue weighted by atomic mass is 35.5. The van der Waals surface area contributed by atoms with Crippen molar-refractivity contribution in [1.29, 1.82) is 0 Å². The standard InChI is InChI=1S/C16H15ClF2N6O3/c1-4-28-15(27)9-7-20-24(3)13(9)22-14(26)10-6-12-21-8(2)5-11(16(17,18)19)25(12)23-10/h5-7H,4H2,1-3H3,(H,22,26). The van der Waals surface area contributed by atoms with Crippen LogP contribution in [0, 0.1) is 6.92 Å². The van der Waals surface area contributed by atoms with E-state index in [9.17, 15) is 18.4 Å². The Morgan fingerprint density at radius 1 is 1.36 bits per heavy atom. The summed E-state index contributed by atoms with van der Waals surface area (Å²) < 4.78 is 34.3. The first-order chi connectivity index (χ1) is 13.1. The Kier molecular flexibility index (Phi) is 5.02. The molecule has 0 spiro atoms. The third-order valence-electron chi connectivity index (χ3n) is 3.74. The summed E-state index contributed by atoms with van der Waals surface area (Å²) >= 11 is 5.13. The number of hydrogen-bond acceptors (Lipinski definition) is 6. The first-order valence-corrected chi connectivity index (χ1v) is 8.44. The van der Waals surface area contributed by atoms with Gasteiger partial charge < -0.3 is 10.1 Å². The molecule has 0 aliphatic rings. The molecule has 0 fully saturated rings. The van der Waals surface area contributed by atoms with Gasteiger partial charge in [0.1, 0.15) is 17.1 Å². The highest BCUT2D eigenvalue weighted by molar-refractivity contribution is 6.21. The molecule has 12 heteroatoms. The van der Waals surface area contributed by atoms with E-state index in [2.05, 4.69) is 20.5 Å². The maximum absolute atomic E-state index is 13.7. The minimum Gasteiger partial charge on any atom is -0.462 e. The van der Waals surface area contributed by atoms with Crippen LogP contribution in [-0.4, -0.2) is 42.9 Å². The number of esters is 1. The summed E-state index contributed by atoms with van der Waals surface area (Å²) in [6.07, 6.45) is 1.24. The Morgan fingerprint density at radius 2 is 2.07 bits per heavy atom. The van der Waals surface area contributed by atoms with Crippen LogP contribution in [0.5, 0.6) is 0 Å². The first-order valence-electron chi connectivity index (χ1n) is 8.07. The van der Waals surface area contributed by atoms with Crippen molar-refractivity contribution in [2.45, 2.75) is 19.2 Å². The zero-order valence-corrected chi connectivity index (χ0v) is 15.8. The van der Waals surface area contributed by atoms with Gasteiger partial charge in [-0.1, -0.05) is 0 Å². The Bertz CT molecular complexity index is 1070. The molecule has 9 nitrogen and oxygen atoms in total. The van der Waals surface area contributed by atoms with Crippen LogP contribution in [0.15, 0.2) is 18.3 Å². The maximum atomic E-state index is 13.7. The Balaban J connectivity index is 1.98. The van der Waals surface area contributed by atoms with Gasteiger partial charge in [0, 0.05) is 18.8 Å². The van der Waals surface area contributed by atoms with Crippen molar-refractivity contribution in [3.8, 4) is 0 Å². The minimum atomic E-state index is -3.70. The fourth-order valence-electron chi connectivity index (χ4n) is 2.53. The van der Waals surface area contributed by atoms with Gasteiger partial charge in [0.25, 0.3) is 5.91 Å². The third-order valence-corrected chi connectivity index (χ3v) is 3.94. The van der Waals surface area contributed by atoms with Crippen molar-refractivity contribution in [1.82, 2.24) is 24.4 Å². The second-order valence-electron chi connectivity index (χ2n) is 5.79. The lowest BCUT2D eigenvalue weighted by Crippen LogP contribution is -2.18. The number of ether oxygens (including phenoxy) is 1. The van der Waals surface area contributed by atoms with Crippen LogP contribution in [0.25, 0.3) is 5.65 Å². The molecular weight excluding hydrogens is 398 g/mol. The lowest BCUT2D eigenvalue weighted by molar-refractivity contribution is 0.0527. The monoisotopic (exact) mass is 412 g/mol. The fraction of sp³-hybridized carbons (Fsp3) is 0.312. The Hall–Kier alpha value is -3.08. The molecule has 0 bridgehead atoms. The minimum absolute atomic E-state index is 0.0242. The number of carbonyl (C=O) groups is 2. The Morgan fingerprint density at radius 3 is 2.71 bits per heavy atom. The molecule has 1 amide bonds. The van der Waals surface area contributed by atoms with Crippen LogP contribution >= 0.6 is 11.6 Å². The van der Waals surface area contributed by atoms with Gasteiger partial charge in [-0.25, -0.2) is 14.3 Å². The summed E-state index contributed by atoms with van der Waals surface area (Å²) in [4.78, 5) is 28.6. The van der Waals surface area contributed by atoms with Gasteiger partial charge in [-0.05, 0) is 31.5 Å². The molecular formula is C16H15ClF2N6O3. The summed E-state index contributed by atoms with van der Waals surface area (Å²) in [5.41, 5.74) is -0.467. The number of halogens is 3. The second-order valence-corrected chi connectivity index (χ2v) is 6.26. The average Bonchev–Trinajstić information content (AvgIpc) is 3.17. The van der Waals surface area contributed by atoms with Crippen molar-refractivity contribution in [3.05, 3.63) is 41.0 Å². The number of carbonyl (C=O) groups excluding carboxylic acids is 2. The molecule has 0 aliphatic heterocycles. The topological polar surface area (TPSA) is 103 Å². The quantitative estimate of drug-likeness (QED) is 0.510. The van der Waals surface area contributed by atoms with Crippen molar-refractivity contribution < 1.29 is 23.1 Å². The zero-order valence-electron chi connectivity index (χ0n) is 15.0. The molecule has 0 saturated carbocycles. The SMILES string of the molecule is CCOC(=O)c1cnn(C)c1NC(=O)c1cc2nc(C)cc(C(F)(F)Cl)n2n1. The highest BCUT2D eigenvalue weighted by Gasteiger charge is 2.33. The van der Waals surface area contributed by atoms with Gasteiger partial charge in [0.05, 0.1) is 12.8 Å². The van der Waals surface area contributed by atoms with Gasteiger partial charge in [-0.15, -0.1) is 0 Å². The zero-order chi connectivity index (χ0) is 20.6. The molecule has 0 radical (unpaired) electrons. The van der Waals surface area contributed by atoms with Gasteiger partial charge in [0.2, 0.25) is 0 Å². The van der Waals surface area contributed by atoms with Gasteiger partial charge in [-0.3, -0.25) is 9.48 Å². The maximum Gasteiger partial charge on any atom is 0.364 e. The molecule has 0 aliphatic carbocycles. The van der Waals surface area contributed by atoms with Crippen molar-refractivity contribution >= 4 is 34.9 Å². The van der Waals surface area contributed by atoms with Crippen molar-refractivity contribution in [2.75, 3.05) is 11.9 Å². The molecule has 3 rings (SSSR count). The summed E-state index contributed by atoms with van der Waals surface area (Å²) in [6.45, 7) is 3.30. The number of anilines is 1. The number of nitrogens with zero attached hydrogens (tertiary/aromatic N) is 5. The molecule has 0 unspecified atom stereocenters. The number of aryl methyl sites for hydroxylation is 2. The van der Waals surface area contributed by atoms with Crippen LogP contribution in [-0.2, 0) is 17.2 Å². The number of hydrogen-bond donors (Lipinski definition) is 1. The van der Waals surface area contributed by atoms with E-state index in [1.807, 2.05) is 0 Å². The lowest BCUT2D eigenvalue weighted by atomic mass is 10.3. The number of fused-ring (bicyclic) bond motifs is 1. The fourth-order valence-corrected chi connectivity index (χ4v) is 2.66. The van der Waals surface area contributed by atoms with E-state index in [1.165, 1.54) is 30.9 Å². The number of rotatable bonds is 5. The van der Waals surface area contributed by atoms with Crippen molar-refractivity contribution in [3.63, 3.8) is 0 Å². The van der Waals surface area contributed by atoms with Crippen LogP contribution in [0.2, 0.25) is 0 Å². The number of amides is 1. The van der Waals surface area contributed by atoms with Crippen LogP contribution in [0.1, 0.15) is 39.2 Å². The largest absolute Gasteiger partial charge is 0.462 e. The predicted octanol–water partition coefficient (Wildman–Crippen LogP) is 2.49. The molecule has 0 aromatic carbocycles. The smallest absolute Gasteiger partial charge is 0.364 e. The van der Waals surface area contributed by atoms with Crippen molar-refractivity contribution in [2.24, 2.45) is 7.05 Å². The van der Waals surface area contributed by atoms with Crippen LogP contribution < -0.4 is 5.32 Å². The molecule has 0 atom stereocenters. The highest BCUT2D eigenvalue weighted by Crippen LogP contribution is 2.32. The Labute approximate surface area is 162 Å². The summed E-state index contributed by atoms with van der Waals surface area (Å²) in [7, 11) is 1.51. The first kappa shape index (κ1) is 19.7. The predicted molar refractivity (Wildman–Crippen MR) is 94.6 cm³/mol. The summed E-state index contributed by atoms with van der Waals surface area (Å²) in [5.74, 6) is -1.34. The average molecular weight is 413 g/mol. The van der Waals surface area contributed by atoms with E-state index in [1.54, 1.807) is 6.92 Å². The van der Waals surface area contributed by atoms with Crippen LogP contribution in [0.4, 0.5) is 14.6 Å². The van der Waals surface area contributed by atoms with Gasteiger partial charge in [-0.2, -0.15) is 19.0 Å². The van der Waals surface area contributed by atoms with E-state index in [4.69, 9.17) is 16.3 Å². The van der Waals surface area contributed by atoms with E-state index in [-0.39, 0.29) is 35.0 Å². The number of alkyl halides is 3. The van der Waals surface area contributed by atoms with E-state index < -0.39 is 23.0 Å². The third kappa shape index (κ3) is 3.65.